The van der Waals surface area contributed by atoms with Crippen LogP contribution in [0.25, 0.3) is 0 Å². The predicted octanol–water partition coefficient (Wildman–Crippen LogP) is 4.13. The molecule has 0 bridgehead atoms. The Hall–Kier alpha value is -2.44. The summed E-state index contributed by atoms with van der Waals surface area (Å²) in [5, 5.41) is 3.34. The maximum Gasteiger partial charge on any atom is 0.241 e. The van der Waals surface area contributed by atoms with E-state index in [9.17, 15) is 4.79 Å². The Morgan fingerprint density at radius 1 is 1.07 bits per heavy atom. The van der Waals surface area contributed by atoms with Crippen molar-refractivity contribution in [2.45, 2.75) is 26.4 Å². The lowest BCUT2D eigenvalue weighted by molar-refractivity contribution is -0.120. The van der Waals surface area contributed by atoms with E-state index in [4.69, 9.17) is 25.8 Å². The summed E-state index contributed by atoms with van der Waals surface area (Å²) in [5.41, 5.74) is 2.75. The van der Waals surface area contributed by atoms with Crippen LogP contribution in [0.5, 0.6) is 17.2 Å². The van der Waals surface area contributed by atoms with E-state index in [0.29, 0.717) is 34.5 Å². The van der Waals surface area contributed by atoms with Crippen LogP contribution >= 0.6 is 11.6 Å². The van der Waals surface area contributed by atoms with Gasteiger partial charge >= 0.3 is 0 Å². The van der Waals surface area contributed by atoms with Crippen molar-refractivity contribution in [3.05, 3.63) is 46.5 Å². The molecule has 0 spiro atoms. The Kier molecular flexibility index (Phi) is 7.54. The second-order valence-electron chi connectivity index (χ2n) is 6.56. The van der Waals surface area contributed by atoms with Crippen molar-refractivity contribution >= 4 is 23.2 Å². The number of nitrogens with zero attached hydrogens (tertiary/aromatic N) is 1. The normalized spacial score (nSPS) is 11.9. The molecule has 2 aromatic carbocycles. The van der Waals surface area contributed by atoms with Crippen molar-refractivity contribution in [1.29, 1.82) is 0 Å². The van der Waals surface area contributed by atoms with Crippen molar-refractivity contribution in [2.24, 2.45) is 0 Å². The van der Waals surface area contributed by atoms with Gasteiger partial charge in [-0.25, -0.2) is 0 Å². The molecular formula is C21H27ClN2O4. The Morgan fingerprint density at radius 2 is 1.68 bits per heavy atom. The minimum atomic E-state index is -0.353. The highest BCUT2D eigenvalue weighted by molar-refractivity contribution is 6.32. The van der Waals surface area contributed by atoms with Crippen LogP contribution in [-0.2, 0) is 11.3 Å². The Balaban J connectivity index is 2.08. The number of hydrogen-bond donors (Lipinski definition) is 1. The van der Waals surface area contributed by atoms with Crippen LogP contribution in [0, 0.1) is 6.92 Å². The summed E-state index contributed by atoms with van der Waals surface area (Å²) in [6.45, 7) is 4.45. The van der Waals surface area contributed by atoms with Crippen LogP contribution in [0.15, 0.2) is 30.3 Å². The summed E-state index contributed by atoms with van der Waals surface area (Å²) >= 11 is 6.12. The molecule has 1 N–H and O–H groups in total. The molecular weight excluding hydrogens is 380 g/mol. The molecule has 0 aliphatic heterocycles. The van der Waals surface area contributed by atoms with Gasteiger partial charge in [0.05, 0.1) is 32.4 Å². The predicted molar refractivity (Wildman–Crippen MR) is 112 cm³/mol. The number of benzene rings is 2. The van der Waals surface area contributed by atoms with Gasteiger partial charge in [0.15, 0.2) is 11.5 Å². The molecule has 152 valence electrons. The fraction of sp³-hybridized carbons (Fsp3) is 0.381. The summed E-state index contributed by atoms with van der Waals surface area (Å²) in [4.78, 5) is 14.6. The average molecular weight is 407 g/mol. The average Bonchev–Trinajstić information content (AvgIpc) is 2.68. The van der Waals surface area contributed by atoms with Crippen molar-refractivity contribution in [2.75, 3.05) is 33.7 Å². The van der Waals surface area contributed by atoms with Gasteiger partial charge in [-0.1, -0.05) is 11.6 Å². The van der Waals surface area contributed by atoms with Gasteiger partial charge in [-0.05, 0) is 62.4 Å². The monoisotopic (exact) mass is 406 g/mol. The molecule has 28 heavy (non-hydrogen) atoms. The molecule has 0 fully saturated rings. The van der Waals surface area contributed by atoms with Crippen LogP contribution in [0.1, 0.15) is 18.1 Å². The molecule has 0 aliphatic carbocycles. The first-order valence-electron chi connectivity index (χ1n) is 8.86. The third kappa shape index (κ3) is 5.09. The smallest absolute Gasteiger partial charge is 0.241 e. The molecule has 1 amide bonds. The van der Waals surface area contributed by atoms with Crippen LogP contribution in [0.4, 0.5) is 5.69 Å². The zero-order valence-electron chi connectivity index (χ0n) is 17.1. The first-order valence-corrected chi connectivity index (χ1v) is 9.24. The maximum atomic E-state index is 12.6. The number of hydrogen-bond acceptors (Lipinski definition) is 5. The largest absolute Gasteiger partial charge is 0.495 e. The number of methoxy groups -OCH3 is 3. The van der Waals surface area contributed by atoms with Crippen molar-refractivity contribution in [1.82, 2.24) is 4.90 Å². The highest BCUT2D eigenvalue weighted by Gasteiger charge is 2.20. The lowest BCUT2D eigenvalue weighted by atomic mass is 10.1. The highest BCUT2D eigenvalue weighted by Crippen LogP contribution is 2.31. The number of halogens is 1. The Morgan fingerprint density at radius 3 is 2.25 bits per heavy atom. The number of amides is 1. The van der Waals surface area contributed by atoms with Crippen LogP contribution in [0.2, 0.25) is 5.02 Å². The number of rotatable bonds is 8. The minimum Gasteiger partial charge on any atom is -0.495 e. The van der Waals surface area contributed by atoms with Crippen molar-refractivity contribution in [3.8, 4) is 17.2 Å². The van der Waals surface area contributed by atoms with E-state index in [1.165, 1.54) is 0 Å². The number of anilines is 1. The van der Waals surface area contributed by atoms with E-state index >= 15 is 0 Å². The van der Waals surface area contributed by atoms with Crippen molar-refractivity contribution < 1.29 is 19.0 Å². The highest BCUT2D eigenvalue weighted by atomic mass is 35.5. The fourth-order valence-corrected chi connectivity index (χ4v) is 3.05. The summed E-state index contributed by atoms with van der Waals surface area (Å²) < 4.78 is 15.8. The van der Waals surface area contributed by atoms with Crippen LogP contribution < -0.4 is 19.5 Å². The first kappa shape index (κ1) is 21.9. The van der Waals surface area contributed by atoms with E-state index in [1.54, 1.807) is 39.5 Å². The topological polar surface area (TPSA) is 60.0 Å². The second-order valence-corrected chi connectivity index (χ2v) is 6.97. The van der Waals surface area contributed by atoms with Gasteiger partial charge in [-0.15, -0.1) is 0 Å². The number of carbonyl (C=O) groups is 1. The van der Waals surface area contributed by atoms with Gasteiger partial charge in [0, 0.05) is 12.2 Å². The van der Waals surface area contributed by atoms with Crippen molar-refractivity contribution in [3.63, 3.8) is 0 Å². The number of aryl methyl sites for hydroxylation is 1. The van der Waals surface area contributed by atoms with E-state index in [1.807, 2.05) is 37.9 Å². The summed E-state index contributed by atoms with van der Waals surface area (Å²) in [6.07, 6.45) is 0. The lowest BCUT2D eigenvalue weighted by Crippen LogP contribution is -2.39. The zero-order chi connectivity index (χ0) is 20.8. The Bertz CT molecular complexity index is 841. The van der Waals surface area contributed by atoms with Gasteiger partial charge in [0.25, 0.3) is 0 Å². The first-order chi connectivity index (χ1) is 13.3. The molecule has 6 nitrogen and oxygen atoms in total. The van der Waals surface area contributed by atoms with E-state index < -0.39 is 0 Å². The maximum absolute atomic E-state index is 12.6. The molecule has 0 saturated heterocycles. The van der Waals surface area contributed by atoms with Gasteiger partial charge < -0.3 is 19.5 Å². The molecule has 0 radical (unpaired) electrons. The zero-order valence-corrected chi connectivity index (χ0v) is 17.9. The molecule has 2 aromatic rings. The van der Waals surface area contributed by atoms with Gasteiger partial charge in [0.1, 0.15) is 5.75 Å². The molecule has 0 heterocycles. The Labute approximate surface area is 171 Å². The number of nitrogens with one attached hydrogen (secondary N) is 1. The third-order valence-corrected chi connectivity index (χ3v) is 5.02. The van der Waals surface area contributed by atoms with Gasteiger partial charge in [0.2, 0.25) is 5.91 Å². The van der Waals surface area contributed by atoms with Gasteiger partial charge in [-0.2, -0.15) is 0 Å². The minimum absolute atomic E-state index is 0.123. The van der Waals surface area contributed by atoms with E-state index in [2.05, 4.69) is 5.32 Å². The molecule has 1 atom stereocenters. The van der Waals surface area contributed by atoms with Crippen LogP contribution in [-0.4, -0.2) is 45.2 Å². The molecule has 0 aliphatic rings. The summed E-state index contributed by atoms with van der Waals surface area (Å²) in [5.74, 6) is 1.80. The SMILES string of the molecule is COc1ccc(NC(=O)[C@@H](C)N(C)Cc2cc(OC)c(OC)cc2C)cc1Cl. The van der Waals surface area contributed by atoms with E-state index in [-0.39, 0.29) is 11.9 Å². The van der Waals surface area contributed by atoms with Crippen LogP contribution in [0.3, 0.4) is 0 Å². The summed E-state index contributed by atoms with van der Waals surface area (Å²) in [6, 6.07) is 8.68. The number of ether oxygens (including phenoxy) is 3. The molecule has 2 rings (SSSR count). The van der Waals surface area contributed by atoms with Gasteiger partial charge in [-0.3, -0.25) is 9.69 Å². The second kappa shape index (κ2) is 9.66. The third-order valence-electron chi connectivity index (χ3n) is 4.72. The lowest BCUT2D eigenvalue weighted by Gasteiger charge is -2.25. The quantitative estimate of drug-likeness (QED) is 0.714. The number of likely N-dealkylation sites (N-methyl/N-ethyl adjacent to an activating group) is 1. The fourth-order valence-electron chi connectivity index (χ4n) is 2.79. The molecule has 7 heteroatoms. The molecule has 0 saturated carbocycles. The molecule has 0 unspecified atom stereocenters. The number of carbonyl (C=O) groups excluding carboxylic acids is 1. The van der Waals surface area contributed by atoms with E-state index in [0.717, 1.165) is 11.1 Å². The molecule has 0 aromatic heterocycles. The summed E-state index contributed by atoms with van der Waals surface area (Å²) in [7, 11) is 6.67. The standard InChI is InChI=1S/C21H27ClN2O4/c1-13-9-19(27-5)20(28-6)10-15(13)12-24(3)14(2)21(25)23-16-7-8-18(26-4)17(22)11-16/h7-11,14H,12H2,1-6H3,(H,23,25)/t14-/m1/s1.